The summed E-state index contributed by atoms with van der Waals surface area (Å²) in [4.78, 5) is 13.1. The van der Waals surface area contributed by atoms with Gasteiger partial charge in [0, 0.05) is 18.7 Å². The van der Waals surface area contributed by atoms with Gasteiger partial charge < -0.3 is 5.11 Å². The highest BCUT2D eigenvalue weighted by atomic mass is 16.4. The van der Waals surface area contributed by atoms with Gasteiger partial charge in [-0.05, 0) is 25.3 Å². The van der Waals surface area contributed by atoms with Crippen molar-refractivity contribution in [3.63, 3.8) is 0 Å². The molecule has 3 nitrogen and oxygen atoms in total. The maximum atomic E-state index is 10.8. The van der Waals surface area contributed by atoms with E-state index in [1.165, 1.54) is 12.8 Å². The van der Waals surface area contributed by atoms with Crippen molar-refractivity contribution in [1.29, 1.82) is 0 Å². The van der Waals surface area contributed by atoms with Crippen LogP contribution in [0.4, 0.5) is 0 Å². The third kappa shape index (κ3) is 3.67. The average Bonchev–Trinajstić information content (AvgIpc) is 2.66. The molecule has 0 spiro atoms. The zero-order chi connectivity index (χ0) is 11.3. The molecule has 0 aromatic carbocycles. The van der Waals surface area contributed by atoms with E-state index in [1.807, 2.05) is 13.0 Å². The largest absolute Gasteiger partial charge is 0.478 e. The Bertz CT molecular complexity index is 248. The van der Waals surface area contributed by atoms with E-state index in [4.69, 9.17) is 5.11 Å². The SMILES string of the molecule is CC/C(=C/CN1CCC(CC)C1)C(=O)O. The Morgan fingerprint density at radius 2 is 2.27 bits per heavy atom. The van der Waals surface area contributed by atoms with Crippen molar-refractivity contribution in [2.45, 2.75) is 33.1 Å². The summed E-state index contributed by atoms with van der Waals surface area (Å²) in [6, 6.07) is 0. The van der Waals surface area contributed by atoms with Crippen LogP contribution in [0.5, 0.6) is 0 Å². The van der Waals surface area contributed by atoms with E-state index in [1.54, 1.807) is 0 Å². The highest BCUT2D eigenvalue weighted by molar-refractivity contribution is 5.86. The van der Waals surface area contributed by atoms with Crippen molar-refractivity contribution in [2.75, 3.05) is 19.6 Å². The second-order valence-corrected chi connectivity index (χ2v) is 4.21. The molecule has 1 heterocycles. The molecule has 1 rings (SSSR count). The van der Waals surface area contributed by atoms with Gasteiger partial charge >= 0.3 is 5.97 Å². The fourth-order valence-electron chi connectivity index (χ4n) is 2.03. The van der Waals surface area contributed by atoms with Crippen molar-refractivity contribution in [1.82, 2.24) is 4.90 Å². The van der Waals surface area contributed by atoms with Crippen LogP contribution in [0.15, 0.2) is 11.6 Å². The number of carboxylic acids is 1. The molecule has 1 aliphatic rings. The van der Waals surface area contributed by atoms with Gasteiger partial charge in [0.2, 0.25) is 0 Å². The van der Waals surface area contributed by atoms with Crippen LogP contribution in [0.3, 0.4) is 0 Å². The molecule has 0 bridgehead atoms. The highest BCUT2D eigenvalue weighted by Gasteiger charge is 2.19. The zero-order valence-electron chi connectivity index (χ0n) is 9.70. The molecule has 0 amide bonds. The average molecular weight is 211 g/mol. The lowest BCUT2D eigenvalue weighted by Gasteiger charge is -2.13. The van der Waals surface area contributed by atoms with Gasteiger partial charge in [-0.15, -0.1) is 0 Å². The number of rotatable bonds is 5. The Morgan fingerprint density at radius 3 is 2.73 bits per heavy atom. The van der Waals surface area contributed by atoms with E-state index < -0.39 is 5.97 Å². The van der Waals surface area contributed by atoms with Gasteiger partial charge in [-0.3, -0.25) is 4.90 Å². The van der Waals surface area contributed by atoms with Gasteiger partial charge in [0.1, 0.15) is 0 Å². The van der Waals surface area contributed by atoms with Crippen LogP contribution in [0, 0.1) is 5.92 Å². The van der Waals surface area contributed by atoms with E-state index in [0.29, 0.717) is 12.0 Å². The van der Waals surface area contributed by atoms with Gasteiger partial charge in [0.15, 0.2) is 0 Å². The second kappa shape index (κ2) is 5.91. The van der Waals surface area contributed by atoms with Crippen LogP contribution in [-0.2, 0) is 4.79 Å². The van der Waals surface area contributed by atoms with Gasteiger partial charge in [0.05, 0.1) is 0 Å². The maximum Gasteiger partial charge on any atom is 0.331 e. The monoisotopic (exact) mass is 211 g/mol. The number of hydrogen-bond donors (Lipinski definition) is 1. The summed E-state index contributed by atoms with van der Waals surface area (Å²) < 4.78 is 0. The van der Waals surface area contributed by atoms with Crippen LogP contribution in [-0.4, -0.2) is 35.6 Å². The summed E-state index contributed by atoms with van der Waals surface area (Å²) in [5.74, 6) is 0.0389. The number of nitrogens with zero attached hydrogens (tertiary/aromatic N) is 1. The predicted octanol–water partition coefficient (Wildman–Crippen LogP) is 2.14. The molecule has 0 aromatic rings. The van der Waals surface area contributed by atoms with Gasteiger partial charge in [-0.2, -0.15) is 0 Å². The van der Waals surface area contributed by atoms with E-state index in [2.05, 4.69) is 11.8 Å². The van der Waals surface area contributed by atoms with Crippen LogP contribution in [0.25, 0.3) is 0 Å². The Morgan fingerprint density at radius 1 is 1.53 bits per heavy atom. The summed E-state index contributed by atoms with van der Waals surface area (Å²) in [5, 5.41) is 8.86. The first-order valence-corrected chi connectivity index (χ1v) is 5.82. The third-order valence-electron chi connectivity index (χ3n) is 3.20. The lowest BCUT2D eigenvalue weighted by Crippen LogP contribution is -2.21. The van der Waals surface area contributed by atoms with Gasteiger partial charge in [-0.1, -0.05) is 26.3 Å². The summed E-state index contributed by atoms with van der Waals surface area (Å²) in [6.45, 7) is 7.15. The number of carbonyl (C=O) groups is 1. The minimum atomic E-state index is -0.774. The van der Waals surface area contributed by atoms with Crippen LogP contribution >= 0.6 is 0 Å². The lowest BCUT2D eigenvalue weighted by molar-refractivity contribution is -0.132. The molecule has 1 N–H and O–H groups in total. The van der Waals surface area contributed by atoms with Crippen molar-refractivity contribution in [3.05, 3.63) is 11.6 Å². The lowest BCUT2D eigenvalue weighted by atomic mass is 10.1. The van der Waals surface area contributed by atoms with Crippen molar-refractivity contribution in [3.8, 4) is 0 Å². The standard InChI is InChI=1S/C12H21NO2/c1-3-10-5-7-13(9-10)8-6-11(4-2)12(14)15/h6,10H,3-5,7-9H2,1-2H3,(H,14,15)/b11-6-. The van der Waals surface area contributed by atoms with Crippen LogP contribution in [0.2, 0.25) is 0 Å². The Hall–Kier alpha value is -0.830. The molecule has 1 aliphatic heterocycles. The molecular weight excluding hydrogens is 190 g/mol. The molecule has 1 fully saturated rings. The first-order chi connectivity index (χ1) is 7.17. The summed E-state index contributed by atoms with van der Waals surface area (Å²) in [7, 11) is 0. The van der Waals surface area contributed by atoms with Gasteiger partial charge in [0.25, 0.3) is 0 Å². The first-order valence-electron chi connectivity index (χ1n) is 5.82. The predicted molar refractivity (Wildman–Crippen MR) is 60.8 cm³/mol. The zero-order valence-corrected chi connectivity index (χ0v) is 9.70. The Balaban J connectivity index is 2.39. The summed E-state index contributed by atoms with van der Waals surface area (Å²) >= 11 is 0. The van der Waals surface area contributed by atoms with Crippen molar-refractivity contribution in [2.24, 2.45) is 5.92 Å². The topological polar surface area (TPSA) is 40.5 Å². The molecular formula is C12H21NO2. The smallest absolute Gasteiger partial charge is 0.331 e. The molecule has 3 heteroatoms. The summed E-state index contributed by atoms with van der Waals surface area (Å²) in [5.41, 5.74) is 0.537. The summed E-state index contributed by atoms with van der Waals surface area (Å²) in [6.07, 6.45) is 4.97. The first kappa shape index (κ1) is 12.2. The van der Waals surface area contributed by atoms with Crippen LogP contribution in [0.1, 0.15) is 33.1 Å². The number of carboxylic acid groups (broad SMARTS) is 1. The molecule has 0 radical (unpaired) electrons. The molecule has 1 atom stereocenters. The fourth-order valence-corrected chi connectivity index (χ4v) is 2.03. The van der Waals surface area contributed by atoms with Crippen molar-refractivity contribution >= 4 is 5.97 Å². The van der Waals surface area contributed by atoms with Gasteiger partial charge in [-0.25, -0.2) is 4.79 Å². The molecule has 1 saturated heterocycles. The highest BCUT2D eigenvalue weighted by Crippen LogP contribution is 2.18. The van der Waals surface area contributed by atoms with E-state index in [9.17, 15) is 4.79 Å². The number of aliphatic carboxylic acids is 1. The normalized spacial score (nSPS) is 23.3. The van der Waals surface area contributed by atoms with Crippen molar-refractivity contribution < 1.29 is 9.90 Å². The molecule has 1 unspecified atom stereocenters. The maximum absolute atomic E-state index is 10.8. The quantitative estimate of drug-likeness (QED) is 0.708. The van der Waals surface area contributed by atoms with E-state index in [-0.39, 0.29) is 0 Å². The minimum Gasteiger partial charge on any atom is -0.478 e. The third-order valence-corrected chi connectivity index (χ3v) is 3.20. The Labute approximate surface area is 91.8 Å². The Kier molecular flexibility index (Phi) is 4.82. The number of hydrogen-bond acceptors (Lipinski definition) is 2. The minimum absolute atomic E-state index is 0.537. The molecule has 15 heavy (non-hydrogen) atoms. The fraction of sp³-hybridized carbons (Fsp3) is 0.750. The van der Waals surface area contributed by atoms with E-state index >= 15 is 0 Å². The van der Waals surface area contributed by atoms with E-state index in [0.717, 1.165) is 25.6 Å². The van der Waals surface area contributed by atoms with Crippen LogP contribution < -0.4 is 0 Å². The molecule has 0 saturated carbocycles. The second-order valence-electron chi connectivity index (χ2n) is 4.21. The number of likely N-dealkylation sites (tertiary alicyclic amines) is 1. The molecule has 0 aromatic heterocycles. The molecule has 86 valence electrons. The molecule has 0 aliphatic carbocycles.